The average Bonchev–Trinajstić information content (AvgIpc) is 3.88. The molecule has 0 spiro atoms. The van der Waals surface area contributed by atoms with Crippen LogP contribution in [0.3, 0.4) is 0 Å². The summed E-state index contributed by atoms with van der Waals surface area (Å²) in [7, 11) is 0. The lowest BCUT2D eigenvalue weighted by Gasteiger charge is -2.12. The molecule has 0 bridgehead atoms. The highest BCUT2D eigenvalue weighted by atomic mass is 35.5. The molecule has 2 aromatic carbocycles. The largest absolute Gasteiger partial charge is 0.352 e. The van der Waals surface area contributed by atoms with E-state index >= 15 is 0 Å². The number of carbonyl (C=O) groups excluding carboxylic acids is 2. The normalized spacial score (nSPS) is 17.8. The van der Waals surface area contributed by atoms with Gasteiger partial charge in [-0.2, -0.15) is 0 Å². The van der Waals surface area contributed by atoms with E-state index in [1.807, 2.05) is 48.5 Å². The van der Waals surface area contributed by atoms with Gasteiger partial charge >= 0.3 is 0 Å². The third-order valence-corrected chi connectivity index (χ3v) is 11.8. The molecular formula is C34H26Cl2N6O4S2. The Balaban J connectivity index is 1.12. The van der Waals surface area contributed by atoms with Gasteiger partial charge in [0.25, 0.3) is 11.1 Å². The monoisotopic (exact) mass is 716 g/mol. The summed E-state index contributed by atoms with van der Waals surface area (Å²) >= 11 is 16.9. The van der Waals surface area contributed by atoms with E-state index in [1.54, 1.807) is 9.13 Å². The lowest BCUT2D eigenvalue weighted by atomic mass is 9.99. The molecule has 6 aromatic rings. The molecule has 14 heteroatoms. The first-order valence-electron chi connectivity index (χ1n) is 15.4. The van der Waals surface area contributed by atoms with Crippen molar-refractivity contribution in [2.75, 3.05) is 0 Å². The number of hydrogen-bond acceptors (Lipinski definition) is 8. The first-order chi connectivity index (χ1) is 23.2. The molecule has 48 heavy (non-hydrogen) atoms. The van der Waals surface area contributed by atoms with E-state index in [4.69, 9.17) is 23.2 Å². The Labute approximate surface area is 291 Å². The van der Waals surface area contributed by atoms with E-state index in [9.17, 15) is 19.2 Å². The molecule has 0 aliphatic carbocycles. The minimum atomic E-state index is -0.165. The fraction of sp³-hybridized carbons (Fsp3) is 0.235. The Kier molecular flexibility index (Phi) is 7.91. The van der Waals surface area contributed by atoms with Gasteiger partial charge < -0.3 is 10.6 Å². The number of benzene rings is 2. The Hall–Kier alpha value is -4.36. The molecular weight excluding hydrogens is 691 g/mol. The molecule has 6 heterocycles. The number of nitrogens with zero attached hydrogens (tertiary/aromatic N) is 4. The van der Waals surface area contributed by atoms with E-state index in [1.165, 1.54) is 35.3 Å². The number of amides is 2. The van der Waals surface area contributed by atoms with E-state index in [0.29, 0.717) is 69.3 Å². The molecule has 2 aliphatic heterocycles. The summed E-state index contributed by atoms with van der Waals surface area (Å²) in [6.07, 6.45) is 5.37. The van der Waals surface area contributed by atoms with Crippen molar-refractivity contribution < 1.29 is 9.59 Å². The summed E-state index contributed by atoms with van der Waals surface area (Å²) in [6.45, 7) is 0.742. The Morgan fingerprint density at radius 2 is 1.08 bits per heavy atom. The summed E-state index contributed by atoms with van der Waals surface area (Å²) in [4.78, 5) is 61.9. The van der Waals surface area contributed by atoms with Crippen molar-refractivity contribution in [1.82, 2.24) is 29.7 Å². The average molecular weight is 718 g/mol. The molecule has 2 aliphatic rings. The molecule has 2 amide bonds. The lowest BCUT2D eigenvalue weighted by Crippen LogP contribution is -2.33. The molecule has 2 atom stereocenters. The van der Waals surface area contributed by atoms with Crippen molar-refractivity contribution in [1.29, 1.82) is 0 Å². The van der Waals surface area contributed by atoms with Crippen LogP contribution in [0, 0.1) is 0 Å². The number of rotatable bonds is 7. The van der Waals surface area contributed by atoms with Crippen molar-refractivity contribution >= 4 is 78.1 Å². The maximum Gasteiger partial charge on any atom is 0.262 e. The number of nitrogens with one attached hydrogen (secondary N) is 2. The minimum absolute atomic E-state index is 0.00150. The Morgan fingerprint density at radius 1 is 0.667 bits per heavy atom. The maximum atomic E-state index is 13.4. The van der Waals surface area contributed by atoms with Crippen molar-refractivity contribution in [3.8, 4) is 32.0 Å². The van der Waals surface area contributed by atoms with Gasteiger partial charge in [0, 0.05) is 70.0 Å². The van der Waals surface area contributed by atoms with Gasteiger partial charge in [0.1, 0.15) is 9.66 Å². The first-order valence-corrected chi connectivity index (χ1v) is 17.8. The first kappa shape index (κ1) is 30.9. The molecule has 242 valence electrons. The highest BCUT2D eigenvalue weighted by Crippen LogP contribution is 2.45. The van der Waals surface area contributed by atoms with Gasteiger partial charge in [0.2, 0.25) is 11.8 Å². The predicted molar refractivity (Wildman–Crippen MR) is 190 cm³/mol. The minimum Gasteiger partial charge on any atom is -0.352 e. The third-order valence-electron chi connectivity index (χ3n) is 8.86. The summed E-state index contributed by atoms with van der Waals surface area (Å²) in [6, 6.07) is 14.9. The molecule has 4 aromatic heterocycles. The van der Waals surface area contributed by atoms with Crippen molar-refractivity contribution in [2.45, 2.75) is 50.9 Å². The molecule has 8 rings (SSSR count). The standard InChI is InChI=1S/C34H26Cl2N6O4S2/c35-29-19(3-1-5-21(29)25-11-23-31(47-25)37-15-41(33(23)45)13-17-7-9-27(43)39-17)20-4-2-6-22(30(20)36)26-12-24-32(48-26)38-16-42(34(24)46)14-18-8-10-28(44)40-18/h1-6,11-12,15-18H,7-10,13-14H2,(H,39,43)(H,40,44)/t17-,18-/m0/s1. The second-order valence-corrected chi connectivity index (χ2v) is 14.8. The Morgan fingerprint density at radius 3 is 1.48 bits per heavy atom. The topological polar surface area (TPSA) is 128 Å². The zero-order valence-electron chi connectivity index (χ0n) is 25.2. The molecule has 0 unspecified atom stereocenters. The number of aromatic nitrogens is 4. The lowest BCUT2D eigenvalue weighted by molar-refractivity contribution is -0.120. The van der Waals surface area contributed by atoms with Crippen LogP contribution in [0.2, 0.25) is 10.0 Å². The summed E-state index contributed by atoms with van der Waals surface area (Å²) < 4.78 is 3.10. The number of halogens is 2. The van der Waals surface area contributed by atoms with Crippen LogP contribution in [-0.4, -0.2) is 43.0 Å². The molecule has 0 saturated carbocycles. The smallest absolute Gasteiger partial charge is 0.262 e. The number of thiophene rings is 2. The molecule has 0 radical (unpaired) electrons. The summed E-state index contributed by atoms with van der Waals surface area (Å²) in [5.74, 6) is -0.00300. The van der Waals surface area contributed by atoms with Crippen molar-refractivity contribution in [3.63, 3.8) is 0 Å². The molecule has 2 saturated heterocycles. The van der Waals surface area contributed by atoms with E-state index in [-0.39, 0.29) is 35.0 Å². The molecule has 2 N–H and O–H groups in total. The van der Waals surface area contributed by atoms with Gasteiger partial charge in [-0.3, -0.25) is 28.3 Å². The van der Waals surface area contributed by atoms with Crippen LogP contribution in [0.1, 0.15) is 25.7 Å². The van der Waals surface area contributed by atoms with Crippen LogP contribution in [0.4, 0.5) is 0 Å². The van der Waals surface area contributed by atoms with Crippen LogP contribution in [0.25, 0.3) is 52.4 Å². The van der Waals surface area contributed by atoms with Gasteiger partial charge in [-0.25, -0.2) is 9.97 Å². The van der Waals surface area contributed by atoms with Gasteiger partial charge in [0.05, 0.1) is 33.5 Å². The number of carbonyl (C=O) groups is 2. The van der Waals surface area contributed by atoms with Crippen LogP contribution >= 0.6 is 45.9 Å². The molecule has 2 fully saturated rings. The Bertz CT molecular complexity index is 2250. The second kappa shape index (κ2) is 12.3. The van der Waals surface area contributed by atoms with Gasteiger partial charge in [-0.05, 0) is 25.0 Å². The fourth-order valence-corrected chi connectivity index (χ4v) is 9.22. The van der Waals surface area contributed by atoms with E-state index in [0.717, 1.165) is 32.0 Å². The predicted octanol–water partition coefficient (Wildman–Crippen LogP) is 6.09. The van der Waals surface area contributed by atoms with Crippen LogP contribution in [0.15, 0.2) is 70.8 Å². The summed E-state index contributed by atoms with van der Waals surface area (Å²) in [5.41, 5.74) is 2.61. The maximum absolute atomic E-state index is 13.4. The zero-order valence-corrected chi connectivity index (χ0v) is 28.3. The van der Waals surface area contributed by atoms with Crippen molar-refractivity contribution in [2.24, 2.45) is 0 Å². The van der Waals surface area contributed by atoms with Crippen LogP contribution < -0.4 is 21.8 Å². The zero-order chi connectivity index (χ0) is 33.1. The van der Waals surface area contributed by atoms with Gasteiger partial charge in [-0.1, -0.05) is 59.6 Å². The van der Waals surface area contributed by atoms with Gasteiger partial charge in [0.15, 0.2) is 0 Å². The number of hydrogen-bond donors (Lipinski definition) is 2. The van der Waals surface area contributed by atoms with E-state index in [2.05, 4.69) is 20.6 Å². The second-order valence-electron chi connectivity index (χ2n) is 12.0. The van der Waals surface area contributed by atoms with Crippen LogP contribution in [0.5, 0.6) is 0 Å². The third kappa shape index (κ3) is 5.52. The van der Waals surface area contributed by atoms with Crippen LogP contribution in [-0.2, 0) is 22.7 Å². The number of fused-ring (bicyclic) bond motifs is 2. The fourth-order valence-electron chi connectivity index (χ4n) is 6.41. The molecule has 10 nitrogen and oxygen atoms in total. The quantitative estimate of drug-likeness (QED) is 0.206. The van der Waals surface area contributed by atoms with Crippen molar-refractivity contribution in [3.05, 3.63) is 91.9 Å². The highest BCUT2D eigenvalue weighted by Gasteiger charge is 2.24. The van der Waals surface area contributed by atoms with E-state index < -0.39 is 0 Å². The SMILES string of the molecule is O=C1CC[C@@H](Cn2cnc3sc(-c4cccc(-c5cccc(-c6cc7c(=O)n(C[C@@H]8CCC(=O)N8)cnc7s6)c5Cl)c4Cl)cc3c2=O)N1. The highest BCUT2D eigenvalue weighted by molar-refractivity contribution is 7.22. The summed E-state index contributed by atoms with van der Waals surface area (Å²) in [5, 5.41) is 7.76. The van der Waals surface area contributed by atoms with Gasteiger partial charge in [-0.15, -0.1) is 22.7 Å².